The number of aliphatic hydroxyl groups is 2. The van der Waals surface area contributed by atoms with Crippen molar-refractivity contribution < 1.29 is 14.9 Å². The van der Waals surface area contributed by atoms with Crippen molar-refractivity contribution in [3.63, 3.8) is 0 Å². The Hall–Kier alpha value is 0.230. The molecular formula is C7H12O3S. The zero-order valence-electron chi connectivity index (χ0n) is 6.36. The number of hydrogen-bond acceptors (Lipinski definition) is 4. The van der Waals surface area contributed by atoms with Crippen LogP contribution >= 0.6 is 11.8 Å². The first-order chi connectivity index (χ1) is 5.20. The summed E-state index contributed by atoms with van der Waals surface area (Å²) in [6, 6.07) is 0. The summed E-state index contributed by atoms with van der Waals surface area (Å²) in [5.41, 5.74) is -0.657. The third kappa shape index (κ3) is 0.811. The molecule has 2 bridgehead atoms. The second-order valence-electron chi connectivity index (χ2n) is 3.19. The minimum Gasteiger partial charge on any atom is -0.393 e. The van der Waals surface area contributed by atoms with Gasteiger partial charge >= 0.3 is 0 Å². The average molecular weight is 176 g/mol. The fourth-order valence-electron chi connectivity index (χ4n) is 1.85. The quantitative estimate of drug-likeness (QED) is 0.571. The van der Waals surface area contributed by atoms with Crippen molar-refractivity contribution >= 4 is 11.8 Å². The fraction of sp³-hybridized carbons (Fsp3) is 1.00. The Balaban J connectivity index is 2.28. The smallest absolute Gasteiger partial charge is 0.130 e. The van der Waals surface area contributed by atoms with E-state index in [9.17, 15) is 5.11 Å². The van der Waals surface area contributed by atoms with Crippen LogP contribution in [0.15, 0.2) is 0 Å². The van der Waals surface area contributed by atoms with Gasteiger partial charge in [0, 0.05) is 5.25 Å². The third-order valence-corrected chi connectivity index (χ3v) is 4.23. The van der Waals surface area contributed by atoms with Crippen molar-refractivity contribution in [1.29, 1.82) is 0 Å². The summed E-state index contributed by atoms with van der Waals surface area (Å²) in [4.78, 5) is 0. The van der Waals surface area contributed by atoms with Crippen LogP contribution in [0.4, 0.5) is 0 Å². The van der Waals surface area contributed by atoms with Gasteiger partial charge in [0.05, 0.1) is 18.5 Å². The zero-order chi connectivity index (χ0) is 8.06. The molecule has 3 nitrogen and oxygen atoms in total. The van der Waals surface area contributed by atoms with E-state index in [0.29, 0.717) is 6.61 Å². The normalized spacial score (nSPS) is 55.4. The largest absolute Gasteiger partial charge is 0.393 e. The highest BCUT2D eigenvalue weighted by molar-refractivity contribution is 8.01. The second kappa shape index (κ2) is 2.36. The maximum absolute atomic E-state index is 9.64. The van der Waals surface area contributed by atoms with E-state index in [0.717, 1.165) is 0 Å². The standard InChI is InChI=1S/C7H12O3S/c1-4-7(3-8)6(9)5(11-4)2-10-7/h4-6,8-9H,2-3H2,1H3. The summed E-state index contributed by atoms with van der Waals surface area (Å²) in [5.74, 6) is 0. The third-order valence-electron chi connectivity index (χ3n) is 2.68. The van der Waals surface area contributed by atoms with E-state index < -0.39 is 11.7 Å². The Morgan fingerprint density at radius 1 is 1.73 bits per heavy atom. The summed E-state index contributed by atoms with van der Waals surface area (Å²) in [7, 11) is 0. The van der Waals surface area contributed by atoms with Crippen molar-refractivity contribution in [2.45, 2.75) is 29.1 Å². The van der Waals surface area contributed by atoms with E-state index in [2.05, 4.69) is 0 Å². The maximum atomic E-state index is 9.64. The average Bonchev–Trinajstić information content (AvgIpc) is 2.42. The van der Waals surface area contributed by atoms with Crippen LogP contribution < -0.4 is 0 Å². The van der Waals surface area contributed by atoms with Gasteiger partial charge in [-0.25, -0.2) is 0 Å². The van der Waals surface area contributed by atoms with E-state index in [1.54, 1.807) is 11.8 Å². The molecule has 4 atom stereocenters. The molecule has 0 aromatic rings. The highest BCUT2D eigenvalue weighted by atomic mass is 32.2. The lowest BCUT2D eigenvalue weighted by Gasteiger charge is -2.30. The number of rotatable bonds is 1. The summed E-state index contributed by atoms with van der Waals surface area (Å²) in [6.45, 7) is 2.50. The minimum absolute atomic E-state index is 0.0706. The van der Waals surface area contributed by atoms with Crippen LogP contribution in [0.2, 0.25) is 0 Å². The molecule has 2 N–H and O–H groups in total. The molecule has 0 radical (unpaired) electrons. The molecule has 2 rings (SSSR count). The minimum atomic E-state index is -0.657. The first-order valence-electron chi connectivity index (χ1n) is 3.79. The van der Waals surface area contributed by atoms with Crippen LogP contribution in [0.1, 0.15) is 6.92 Å². The Labute approximate surface area is 69.7 Å². The van der Waals surface area contributed by atoms with Crippen molar-refractivity contribution in [2.75, 3.05) is 13.2 Å². The predicted octanol–water partition coefficient (Wildman–Crippen LogP) is -0.388. The number of aliphatic hydroxyl groups excluding tert-OH is 2. The van der Waals surface area contributed by atoms with E-state index in [4.69, 9.17) is 9.84 Å². The zero-order valence-corrected chi connectivity index (χ0v) is 7.17. The van der Waals surface area contributed by atoms with Gasteiger partial charge in [-0.3, -0.25) is 0 Å². The van der Waals surface area contributed by atoms with Crippen LogP contribution in [0, 0.1) is 0 Å². The molecule has 0 aromatic carbocycles. The van der Waals surface area contributed by atoms with Gasteiger partial charge in [0.2, 0.25) is 0 Å². The highest BCUT2D eigenvalue weighted by Gasteiger charge is 2.59. The van der Waals surface area contributed by atoms with Crippen LogP contribution in [0.25, 0.3) is 0 Å². The van der Waals surface area contributed by atoms with Gasteiger partial charge in [0.1, 0.15) is 11.7 Å². The molecule has 0 saturated carbocycles. The molecule has 2 aliphatic rings. The van der Waals surface area contributed by atoms with Gasteiger partial charge in [-0.2, -0.15) is 0 Å². The first kappa shape index (κ1) is 7.86. The van der Waals surface area contributed by atoms with Crippen LogP contribution in [-0.2, 0) is 4.74 Å². The molecule has 2 aliphatic heterocycles. The molecule has 0 aromatic heterocycles. The monoisotopic (exact) mass is 176 g/mol. The van der Waals surface area contributed by atoms with E-state index >= 15 is 0 Å². The van der Waals surface area contributed by atoms with Crippen LogP contribution in [-0.4, -0.2) is 45.6 Å². The molecule has 64 valence electrons. The van der Waals surface area contributed by atoms with Crippen molar-refractivity contribution in [3.05, 3.63) is 0 Å². The van der Waals surface area contributed by atoms with E-state index in [-0.39, 0.29) is 17.1 Å². The molecule has 0 aliphatic carbocycles. The maximum Gasteiger partial charge on any atom is 0.130 e. The van der Waals surface area contributed by atoms with E-state index in [1.807, 2.05) is 6.92 Å². The van der Waals surface area contributed by atoms with Gasteiger partial charge in [-0.15, -0.1) is 11.8 Å². The number of ether oxygens (including phenoxy) is 1. The molecule has 11 heavy (non-hydrogen) atoms. The molecule has 2 fully saturated rings. The molecular weight excluding hydrogens is 164 g/mol. The molecule has 4 heteroatoms. The summed E-state index contributed by atoms with van der Waals surface area (Å²) in [6.07, 6.45) is -0.479. The van der Waals surface area contributed by atoms with Crippen molar-refractivity contribution in [1.82, 2.24) is 0 Å². The number of fused-ring (bicyclic) bond motifs is 2. The molecule has 0 spiro atoms. The molecule has 2 heterocycles. The van der Waals surface area contributed by atoms with E-state index in [1.165, 1.54) is 0 Å². The van der Waals surface area contributed by atoms with Crippen molar-refractivity contribution in [2.24, 2.45) is 0 Å². The predicted molar refractivity (Wildman–Crippen MR) is 42.6 cm³/mol. The van der Waals surface area contributed by atoms with Gasteiger partial charge in [-0.05, 0) is 0 Å². The number of hydrogen-bond donors (Lipinski definition) is 2. The van der Waals surface area contributed by atoms with Crippen LogP contribution in [0.3, 0.4) is 0 Å². The summed E-state index contributed by atoms with van der Waals surface area (Å²) >= 11 is 1.71. The van der Waals surface area contributed by atoms with Gasteiger partial charge in [0.15, 0.2) is 0 Å². The Kier molecular flexibility index (Phi) is 1.68. The topological polar surface area (TPSA) is 49.7 Å². The molecule has 0 amide bonds. The second-order valence-corrected chi connectivity index (χ2v) is 4.77. The first-order valence-corrected chi connectivity index (χ1v) is 4.73. The van der Waals surface area contributed by atoms with Gasteiger partial charge in [0.25, 0.3) is 0 Å². The Morgan fingerprint density at radius 3 is 2.73 bits per heavy atom. The highest BCUT2D eigenvalue weighted by Crippen LogP contribution is 2.48. The number of thioether (sulfide) groups is 1. The SMILES string of the molecule is CC1SC2COC1(CO)C2O. The fourth-order valence-corrected chi connectivity index (χ4v) is 3.41. The lowest BCUT2D eigenvalue weighted by molar-refractivity contribution is -0.0855. The Morgan fingerprint density at radius 2 is 2.45 bits per heavy atom. The van der Waals surface area contributed by atoms with Crippen LogP contribution in [0.5, 0.6) is 0 Å². The van der Waals surface area contributed by atoms with Crippen molar-refractivity contribution in [3.8, 4) is 0 Å². The molecule has 2 saturated heterocycles. The lowest BCUT2D eigenvalue weighted by atomic mass is 9.95. The van der Waals surface area contributed by atoms with Gasteiger partial charge < -0.3 is 14.9 Å². The Bertz CT molecular complexity index is 175. The van der Waals surface area contributed by atoms with Gasteiger partial charge in [-0.1, -0.05) is 6.92 Å². The molecule has 4 unspecified atom stereocenters. The lowest BCUT2D eigenvalue weighted by Crippen LogP contribution is -2.47. The summed E-state index contributed by atoms with van der Waals surface area (Å²) in [5, 5.41) is 19.1. The summed E-state index contributed by atoms with van der Waals surface area (Å²) < 4.78 is 5.39.